The normalized spacial score (nSPS) is 17.9. The van der Waals surface area contributed by atoms with Gasteiger partial charge in [-0.2, -0.15) is 0 Å². The van der Waals surface area contributed by atoms with Crippen molar-refractivity contribution in [1.29, 1.82) is 0 Å². The van der Waals surface area contributed by atoms with Gasteiger partial charge in [0.1, 0.15) is 5.60 Å². The fraction of sp³-hybridized carbons (Fsp3) is 0.565. The molecule has 3 rings (SSSR count). The highest BCUT2D eigenvalue weighted by Gasteiger charge is 2.51. The van der Waals surface area contributed by atoms with Crippen molar-refractivity contribution in [3.8, 4) is 0 Å². The predicted octanol–water partition coefficient (Wildman–Crippen LogP) is 4.83. The van der Waals surface area contributed by atoms with Gasteiger partial charge in [0.25, 0.3) is 0 Å². The summed E-state index contributed by atoms with van der Waals surface area (Å²) >= 11 is 0. The summed E-state index contributed by atoms with van der Waals surface area (Å²) in [6.07, 6.45) is 1.31. The first kappa shape index (κ1) is 22.6. The Bertz CT molecular complexity index is 934. The van der Waals surface area contributed by atoms with Gasteiger partial charge < -0.3 is 14.0 Å². The first-order valence-electron chi connectivity index (χ1n) is 10.6. The molecule has 1 aromatic heterocycles. The average Bonchev–Trinajstić information content (AvgIpc) is 2.81. The number of fused-ring (bicyclic) bond motifs is 1. The summed E-state index contributed by atoms with van der Waals surface area (Å²) in [7, 11) is -0.482. The molecule has 0 saturated carbocycles. The third-order valence-electron chi connectivity index (χ3n) is 5.55. The Morgan fingerprint density at radius 1 is 1.13 bits per heavy atom. The molecule has 0 unspecified atom stereocenters. The second kappa shape index (κ2) is 7.86. The lowest BCUT2D eigenvalue weighted by Crippen LogP contribution is -2.41. The van der Waals surface area contributed by atoms with Crippen molar-refractivity contribution >= 4 is 35.3 Å². The number of aryl methyl sites for hydroxylation is 1. The minimum Gasteiger partial charge on any atom is -0.444 e. The monoisotopic (exact) mass is 412 g/mol. The van der Waals surface area contributed by atoms with Crippen molar-refractivity contribution in [3.63, 3.8) is 0 Å². The Morgan fingerprint density at radius 3 is 2.33 bits per heavy atom. The van der Waals surface area contributed by atoms with Crippen LogP contribution < -0.4 is 10.8 Å². The van der Waals surface area contributed by atoms with Crippen LogP contribution in [0.2, 0.25) is 0 Å². The second-order valence-corrected chi connectivity index (χ2v) is 9.90. The number of nitrogens with one attached hydrogen (secondary N) is 1. The molecule has 162 valence electrons. The van der Waals surface area contributed by atoms with Gasteiger partial charge in [-0.3, -0.25) is 10.3 Å². The quantitative estimate of drug-likeness (QED) is 0.729. The molecular weight excluding hydrogens is 379 g/mol. The van der Waals surface area contributed by atoms with Crippen LogP contribution in [0.1, 0.15) is 67.5 Å². The SMILES string of the molecule is CCCc1cc(NC(=O)OC(C)(C)C)c2cc(B3OC(C)(C)C(C)(C)O3)ccc2n1. The maximum Gasteiger partial charge on any atom is 0.494 e. The van der Waals surface area contributed by atoms with Gasteiger partial charge in [0, 0.05) is 11.1 Å². The zero-order chi connectivity index (χ0) is 22.3. The molecule has 6 nitrogen and oxygen atoms in total. The fourth-order valence-corrected chi connectivity index (χ4v) is 3.33. The number of pyridine rings is 1. The number of rotatable bonds is 4. The largest absolute Gasteiger partial charge is 0.494 e. The minimum atomic E-state index is -0.576. The Hall–Kier alpha value is -2.12. The number of carbonyl (C=O) groups is 1. The van der Waals surface area contributed by atoms with E-state index in [1.807, 2.05) is 72.7 Å². The van der Waals surface area contributed by atoms with Crippen molar-refractivity contribution in [2.75, 3.05) is 5.32 Å². The summed E-state index contributed by atoms with van der Waals surface area (Å²) in [5, 5.41) is 3.73. The highest BCUT2D eigenvalue weighted by molar-refractivity contribution is 6.62. The molecule has 1 aliphatic rings. The van der Waals surface area contributed by atoms with E-state index in [1.54, 1.807) is 0 Å². The van der Waals surface area contributed by atoms with Gasteiger partial charge in [-0.25, -0.2) is 4.79 Å². The Morgan fingerprint density at radius 2 is 1.77 bits per heavy atom. The molecule has 2 heterocycles. The molecule has 0 bridgehead atoms. The maximum atomic E-state index is 12.4. The van der Waals surface area contributed by atoms with E-state index < -0.39 is 30.0 Å². The number of ether oxygens (including phenoxy) is 1. The number of carbonyl (C=O) groups excluding carboxylic acids is 1. The standard InChI is InChI=1S/C23H33BN2O4/c1-9-10-16-14-19(26-20(27)28-21(2,3)4)17-13-15(11-12-18(17)25-16)24-29-22(5,6)23(7,8)30-24/h11-14H,9-10H2,1-8H3,(H,25,26,27). The van der Waals surface area contributed by atoms with Crippen LogP contribution in [0.4, 0.5) is 10.5 Å². The van der Waals surface area contributed by atoms with Crippen molar-refractivity contribution in [3.05, 3.63) is 30.0 Å². The maximum absolute atomic E-state index is 12.4. The summed E-state index contributed by atoms with van der Waals surface area (Å²) < 4.78 is 17.8. The van der Waals surface area contributed by atoms with Crippen LogP contribution in [0.25, 0.3) is 10.9 Å². The topological polar surface area (TPSA) is 69.7 Å². The summed E-state index contributed by atoms with van der Waals surface area (Å²) in [6, 6.07) is 7.83. The van der Waals surface area contributed by atoms with Gasteiger partial charge in [0.2, 0.25) is 0 Å². The lowest BCUT2D eigenvalue weighted by Gasteiger charge is -2.32. The summed E-state index contributed by atoms with van der Waals surface area (Å²) in [4.78, 5) is 17.2. The Balaban J connectivity index is 2.00. The van der Waals surface area contributed by atoms with Gasteiger partial charge >= 0.3 is 13.2 Å². The Kier molecular flexibility index (Phi) is 5.91. The van der Waals surface area contributed by atoms with Crippen LogP contribution in [0.15, 0.2) is 24.3 Å². The average molecular weight is 412 g/mol. The first-order valence-corrected chi connectivity index (χ1v) is 10.6. The molecule has 0 aliphatic carbocycles. The van der Waals surface area contributed by atoms with Crippen molar-refractivity contribution in [1.82, 2.24) is 4.98 Å². The number of hydrogen-bond acceptors (Lipinski definition) is 5. The highest BCUT2D eigenvalue weighted by Crippen LogP contribution is 2.37. The summed E-state index contributed by atoms with van der Waals surface area (Å²) in [6.45, 7) is 15.8. The zero-order valence-corrected chi connectivity index (χ0v) is 19.4. The molecule has 1 amide bonds. The molecule has 2 aromatic rings. The van der Waals surface area contributed by atoms with E-state index in [-0.39, 0.29) is 0 Å². The van der Waals surface area contributed by atoms with Crippen molar-refractivity contribution in [2.24, 2.45) is 0 Å². The molecule has 1 fully saturated rings. The van der Waals surface area contributed by atoms with Crippen LogP contribution >= 0.6 is 0 Å². The number of amides is 1. The lowest BCUT2D eigenvalue weighted by atomic mass is 9.78. The molecule has 0 radical (unpaired) electrons. The minimum absolute atomic E-state index is 0.423. The van der Waals surface area contributed by atoms with E-state index in [9.17, 15) is 4.79 Å². The number of aromatic nitrogens is 1. The van der Waals surface area contributed by atoms with Gasteiger partial charge in [-0.15, -0.1) is 0 Å². The van der Waals surface area contributed by atoms with Crippen molar-refractivity contribution < 1.29 is 18.8 Å². The molecule has 1 saturated heterocycles. The zero-order valence-electron chi connectivity index (χ0n) is 19.4. The van der Waals surface area contributed by atoms with Gasteiger partial charge in [0.05, 0.1) is 22.4 Å². The molecule has 0 spiro atoms. The van der Waals surface area contributed by atoms with Crippen molar-refractivity contribution in [2.45, 2.75) is 85.0 Å². The third-order valence-corrected chi connectivity index (χ3v) is 5.55. The molecule has 0 atom stereocenters. The van der Waals surface area contributed by atoms with Crippen LogP contribution in [-0.2, 0) is 20.5 Å². The van der Waals surface area contributed by atoms with E-state index in [1.165, 1.54) is 0 Å². The number of nitrogens with zero attached hydrogens (tertiary/aromatic N) is 1. The first-order chi connectivity index (χ1) is 13.8. The smallest absolute Gasteiger partial charge is 0.444 e. The van der Waals surface area contributed by atoms with Crippen LogP contribution in [-0.4, -0.2) is 35.0 Å². The Labute approximate surface area is 179 Å². The van der Waals surface area contributed by atoms with Gasteiger partial charge in [-0.05, 0) is 72.5 Å². The fourth-order valence-electron chi connectivity index (χ4n) is 3.33. The summed E-state index contributed by atoms with van der Waals surface area (Å²) in [5.41, 5.74) is 1.88. The van der Waals surface area contributed by atoms with Gasteiger partial charge in [0.15, 0.2) is 0 Å². The van der Waals surface area contributed by atoms with Crippen LogP contribution in [0.5, 0.6) is 0 Å². The predicted molar refractivity (Wildman–Crippen MR) is 121 cm³/mol. The van der Waals surface area contributed by atoms with Crippen LogP contribution in [0, 0.1) is 0 Å². The van der Waals surface area contributed by atoms with E-state index in [2.05, 4.69) is 12.2 Å². The van der Waals surface area contributed by atoms with Gasteiger partial charge in [-0.1, -0.05) is 25.5 Å². The molecular formula is C23H33BN2O4. The molecule has 7 heteroatoms. The molecule has 1 aromatic carbocycles. The molecule has 1 N–H and O–H groups in total. The number of hydrogen-bond donors (Lipinski definition) is 1. The van der Waals surface area contributed by atoms with E-state index in [4.69, 9.17) is 19.0 Å². The second-order valence-electron chi connectivity index (χ2n) is 9.90. The van der Waals surface area contributed by atoms with E-state index in [0.717, 1.165) is 34.9 Å². The lowest BCUT2D eigenvalue weighted by molar-refractivity contribution is 0.00578. The summed E-state index contributed by atoms with van der Waals surface area (Å²) in [5.74, 6) is 0. The molecule has 30 heavy (non-hydrogen) atoms. The molecule has 1 aliphatic heterocycles. The van der Waals surface area contributed by atoms with E-state index >= 15 is 0 Å². The number of benzene rings is 1. The van der Waals surface area contributed by atoms with E-state index in [0.29, 0.717) is 5.69 Å². The van der Waals surface area contributed by atoms with Crippen LogP contribution in [0.3, 0.4) is 0 Å². The third kappa shape index (κ3) is 4.78. The highest BCUT2D eigenvalue weighted by atomic mass is 16.7. The number of anilines is 1.